The first-order valence-corrected chi connectivity index (χ1v) is 11.1. The minimum Gasteiger partial charge on any atom is -0.395 e. The van der Waals surface area contributed by atoms with E-state index >= 15 is 0 Å². The van der Waals surface area contributed by atoms with E-state index in [-0.39, 0.29) is 42.4 Å². The Morgan fingerprint density at radius 3 is 2.56 bits per heavy atom. The van der Waals surface area contributed by atoms with Crippen LogP contribution in [0.2, 0.25) is 0 Å². The van der Waals surface area contributed by atoms with Gasteiger partial charge in [-0.05, 0) is 24.4 Å². The van der Waals surface area contributed by atoms with Gasteiger partial charge in [0.1, 0.15) is 17.9 Å². The monoisotopic (exact) mass is 482 g/mol. The van der Waals surface area contributed by atoms with Gasteiger partial charge in [0.2, 0.25) is 0 Å². The number of benzene rings is 1. The summed E-state index contributed by atoms with van der Waals surface area (Å²) in [7, 11) is 0. The standard InChI is InChI=1S/C20H30N6O8/c21-24-23-12-1-2-13(14(9-12)26(31)32)22-5-3-17-18(34-8-7-33-17)4-6-25-10-16(28)20(30)19(29)15(25)11-27/h1-2,9,15-20,22,27-30H,3-8,10-11H2/t15-,16+,17?,18?,19-,20-/m1/s1. The first kappa shape index (κ1) is 26.1. The molecule has 0 aromatic heterocycles. The van der Waals surface area contributed by atoms with Gasteiger partial charge in [-0.3, -0.25) is 15.0 Å². The van der Waals surface area contributed by atoms with Crippen LogP contribution in [0.3, 0.4) is 0 Å². The largest absolute Gasteiger partial charge is 0.395 e. The van der Waals surface area contributed by atoms with E-state index in [2.05, 4.69) is 15.3 Å². The number of nitrogens with one attached hydrogen (secondary N) is 1. The van der Waals surface area contributed by atoms with Gasteiger partial charge in [-0.25, -0.2) is 0 Å². The van der Waals surface area contributed by atoms with Gasteiger partial charge in [0, 0.05) is 36.3 Å². The van der Waals surface area contributed by atoms with Crippen molar-refractivity contribution in [3.63, 3.8) is 0 Å². The molecule has 6 atom stereocenters. The molecule has 2 heterocycles. The maximum atomic E-state index is 11.4. The summed E-state index contributed by atoms with van der Waals surface area (Å²) in [4.78, 5) is 15.2. The van der Waals surface area contributed by atoms with E-state index in [9.17, 15) is 30.5 Å². The molecule has 0 radical (unpaired) electrons. The fourth-order valence-electron chi connectivity index (χ4n) is 4.36. The number of rotatable bonds is 10. The molecule has 3 rings (SSSR count). The average molecular weight is 482 g/mol. The number of hydrogen-bond acceptors (Lipinski definition) is 11. The van der Waals surface area contributed by atoms with Crippen molar-refractivity contribution in [2.45, 2.75) is 49.4 Å². The molecule has 14 heteroatoms. The van der Waals surface area contributed by atoms with Gasteiger partial charge in [-0.15, -0.1) is 0 Å². The predicted molar refractivity (Wildman–Crippen MR) is 120 cm³/mol. The number of ether oxygens (including phenoxy) is 2. The molecular formula is C20H30N6O8. The molecule has 14 nitrogen and oxygen atoms in total. The lowest BCUT2D eigenvalue weighted by molar-refractivity contribution is -0.383. The van der Waals surface area contributed by atoms with Crippen LogP contribution in [0, 0.1) is 10.1 Å². The second-order valence-electron chi connectivity index (χ2n) is 8.26. The molecule has 2 saturated heterocycles. The van der Waals surface area contributed by atoms with Gasteiger partial charge >= 0.3 is 0 Å². The number of aliphatic hydroxyl groups is 4. The highest BCUT2D eigenvalue weighted by Gasteiger charge is 2.41. The van der Waals surface area contributed by atoms with E-state index < -0.39 is 29.3 Å². The second kappa shape index (κ2) is 12.2. The molecule has 0 aliphatic carbocycles. The Kier molecular flexibility index (Phi) is 9.38. The third kappa shape index (κ3) is 6.31. The first-order valence-electron chi connectivity index (χ1n) is 11.1. The summed E-state index contributed by atoms with van der Waals surface area (Å²) in [5.41, 5.74) is 8.74. The van der Waals surface area contributed by atoms with E-state index in [0.717, 1.165) is 0 Å². The Morgan fingerprint density at radius 1 is 1.21 bits per heavy atom. The molecule has 1 aromatic carbocycles. The van der Waals surface area contributed by atoms with Gasteiger partial charge < -0.3 is 35.2 Å². The van der Waals surface area contributed by atoms with Crippen LogP contribution >= 0.6 is 0 Å². The zero-order valence-electron chi connectivity index (χ0n) is 18.5. The molecule has 2 fully saturated rings. The number of likely N-dealkylation sites (tertiary alicyclic amines) is 1. The number of anilines is 1. The van der Waals surface area contributed by atoms with Crippen LogP contribution in [-0.4, -0.2) is 106 Å². The van der Waals surface area contributed by atoms with Gasteiger partial charge in [0.25, 0.3) is 5.69 Å². The lowest BCUT2D eigenvalue weighted by atomic mass is 9.93. The van der Waals surface area contributed by atoms with E-state index in [1.807, 2.05) is 0 Å². The van der Waals surface area contributed by atoms with Crippen molar-refractivity contribution in [3.05, 3.63) is 38.8 Å². The minimum atomic E-state index is -1.31. The summed E-state index contributed by atoms with van der Waals surface area (Å²) in [6.07, 6.45) is -3.30. The molecule has 0 saturated carbocycles. The zero-order chi connectivity index (χ0) is 24.7. The van der Waals surface area contributed by atoms with Crippen LogP contribution in [0.15, 0.2) is 23.3 Å². The maximum absolute atomic E-state index is 11.4. The summed E-state index contributed by atoms with van der Waals surface area (Å²) in [5.74, 6) is 0. The normalized spacial score (nSPS) is 29.9. The number of nitro benzene ring substituents is 1. The molecule has 2 aliphatic rings. The Balaban J connectivity index is 1.56. The van der Waals surface area contributed by atoms with E-state index in [4.69, 9.17) is 15.0 Å². The van der Waals surface area contributed by atoms with Gasteiger partial charge in [-0.2, -0.15) is 0 Å². The van der Waals surface area contributed by atoms with Crippen molar-refractivity contribution in [2.75, 3.05) is 44.8 Å². The van der Waals surface area contributed by atoms with E-state index in [0.29, 0.717) is 39.1 Å². The summed E-state index contributed by atoms with van der Waals surface area (Å²) < 4.78 is 11.7. The lowest BCUT2D eigenvalue weighted by Crippen LogP contribution is -2.62. The SMILES string of the molecule is [N-]=[N+]=Nc1ccc(NCCC2OCCOC2CCN2C[C@H](O)[C@@H](O)[C@H](O)[C@H]2CO)c([N+](=O)[O-])c1. The fourth-order valence-corrected chi connectivity index (χ4v) is 4.36. The summed E-state index contributed by atoms with van der Waals surface area (Å²) in [5, 5.41) is 57.4. The Hall–Kier alpha value is -2.55. The summed E-state index contributed by atoms with van der Waals surface area (Å²) >= 11 is 0. The van der Waals surface area contributed by atoms with Crippen LogP contribution < -0.4 is 5.32 Å². The van der Waals surface area contributed by atoms with E-state index in [1.165, 1.54) is 18.2 Å². The van der Waals surface area contributed by atoms with Crippen molar-refractivity contribution >= 4 is 17.1 Å². The molecule has 0 amide bonds. The number of nitrogens with zero attached hydrogens (tertiary/aromatic N) is 5. The third-order valence-electron chi connectivity index (χ3n) is 6.16. The second-order valence-corrected chi connectivity index (χ2v) is 8.26. The molecule has 0 bridgehead atoms. The number of piperidine rings is 1. The fraction of sp³-hybridized carbons (Fsp3) is 0.700. The Labute approximate surface area is 195 Å². The topological polar surface area (TPSA) is 207 Å². The van der Waals surface area contributed by atoms with Crippen LogP contribution in [0.5, 0.6) is 0 Å². The van der Waals surface area contributed by atoms with Crippen molar-refractivity contribution < 1.29 is 34.8 Å². The molecule has 34 heavy (non-hydrogen) atoms. The molecule has 5 N–H and O–H groups in total. The average Bonchev–Trinajstić information content (AvgIpc) is 2.83. The van der Waals surface area contributed by atoms with Crippen LogP contribution in [0.25, 0.3) is 10.4 Å². The van der Waals surface area contributed by atoms with Gasteiger partial charge in [0.15, 0.2) is 0 Å². The lowest BCUT2D eigenvalue weighted by Gasteiger charge is -2.44. The summed E-state index contributed by atoms with van der Waals surface area (Å²) in [6, 6.07) is 3.46. The van der Waals surface area contributed by atoms with Crippen molar-refractivity contribution in [1.29, 1.82) is 0 Å². The number of aliphatic hydroxyl groups excluding tert-OH is 4. The van der Waals surface area contributed by atoms with Gasteiger partial charge in [-0.1, -0.05) is 11.2 Å². The quantitative estimate of drug-likeness (QED) is 0.101. The number of nitro groups is 1. The number of azide groups is 1. The minimum absolute atomic E-state index is 0.110. The first-order chi connectivity index (χ1) is 16.3. The molecule has 2 aliphatic heterocycles. The highest BCUT2D eigenvalue weighted by atomic mass is 16.6. The van der Waals surface area contributed by atoms with Crippen molar-refractivity contribution in [2.24, 2.45) is 5.11 Å². The molecule has 188 valence electrons. The van der Waals surface area contributed by atoms with Crippen LogP contribution in [-0.2, 0) is 9.47 Å². The summed E-state index contributed by atoms with van der Waals surface area (Å²) in [6.45, 7) is 1.33. The van der Waals surface area contributed by atoms with Crippen LogP contribution in [0.4, 0.5) is 17.1 Å². The van der Waals surface area contributed by atoms with Gasteiger partial charge in [0.05, 0.1) is 49.1 Å². The molecule has 2 unspecified atom stereocenters. The van der Waals surface area contributed by atoms with Crippen molar-refractivity contribution in [3.8, 4) is 0 Å². The Morgan fingerprint density at radius 2 is 1.91 bits per heavy atom. The maximum Gasteiger partial charge on any atom is 0.292 e. The smallest absolute Gasteiger partial charge is 0.292 e. The highest BCUT2D eigenvalue weighted by Crippen LogP contribution is 2.30. The number of β-amino-alcohol motifs (C(OH)–C–C–N with tert-alkyl or cyclic N) is 1. The highest BCUT2D eigenvalue weighted by molar-refractivity contribution is 5.66. The molecule has 1 aromatic rings. The number of hydrogen-bond donors (Lipinski definition) is 5. The third-order valence-corrected chi connectivity index (χ3v) is 6.16. The molecule has 0 spiro atoms. The predicted octanol–water partition coefficient (Wildman–Crippen LogP) is 0.272. The van der Waals surface area contributed by atoms with Crippen LogP contribution in [0.1, 0.15) is 12.8 Å². The van der Waals surface area contributed by atoms with E-state index in [1.54, 1.807) is 4.90 Å². The molecular weight excluding hydrogens is 452 g/mol. The van der Waals surface area contributed by atoms with Crippen molar-refractivity contribution in [1.82, 2.24) is 4.90 Å². The zero-order valence-corrected chi connectivity index (χ0v) is 18.5. The Bertz CT molecular complexity index is 885.